The van der Waals surface area contributed by atoms with Crippen molar-refractivity contribution in [2.24, 2.45) is 0 Å². The molecule has 0 unspecified atom stereocenters. The number of hydrogen-bond donors (Lipinski definition) is 2. The summed E-state index contributed by atoms with van der Waals surface area (Å²) in [5.41, 5.74) is 3.08. The van der Waals surface area contributed by atoms with Gasteiger partial charge in [0.15, 0.2) is 5.82 Å². The first kappa shape index (κ1) is 28.8. The maximum absolute atomic E-state index is 13.1. The summed E-state index contributed by atoms with van der Waals surface area (Å²) in [7, 11) is -1.88. The lowest BCUT2D eigenvalue weighted by molar-refractivity contribution is 0.304. The number of fused-ring (bicyclic) bond motifs is 1. The summed E-state index contributed by atoms with van der Waals surface area (Å²) in [6.07, 6.45) is 3.87. The molecule has 0 saturated heterocycles. The molecule has 10 heteroatoms. The highest BCUT2D eigenvalue weighted by atomic mass is 32.2. The lowest BCUT2D eigenvalue weighted by atomic mass is 10.1. The van der Waals surface area contributed by atoms with Crippen LogP contribution in [0.4, 0.5) is 0 Å². The Morgan fingerprint density at radius 1 is 1.10 bits per heavy atom. The number of hydrogen-bond acceptors (Lipinski definition) is 6. The highest BCUT2D eigenvalue weighted by Crippen LogP contribution is 2.32. The standard InChI is InChI=1S/C29H40N6O3S/c1-5-34(6-2)18-11-19-39(36,37)33-26(16-14-22-12-9-8-10-13-22)29-30-28(31-32-29)25-21-35(7-3)27-17-15-23(38-4)20-24(25)27/h8-10,12-13,15,17,20-21,26,33H,5-7,11,14,16,18-19H2,1-4H3,(H,30,31,32)/t26-/m1/s1. The Morgan fingerprint density at radius 3 is 2.56 bits per heavy atom. The average molecular weight is 553 g/mol. The number of ether oxygens (including phenoxy) is 1. The molecule has 0 aliphatic carbocycles. The van der Waals surface area contributed by atoms with Gasteiger partial charge in [0.1, 0.15) is 11.6 Å². The summed E-state index contributed by atoms with van der Waals surface area (Å²) >= 11 is 0. The number of aryl methyl sites for hydroxylation is 2. The molecule has 0 saturated carbocycles. The van der Waals surface area contributed by atoms with E-state index in [9.17, 15) is 8.42 Å². The molecular formula is C29H40N6O3S. The molecule has 0 amide bonds. The van der Waals surface area contributed by atoms with Crippen LogP contribution in [0, 0.1) is 0 Å². The number of methoxy groups -OCH3 is 1. The molecule has 9 nitrogen and oxygen atoms in total. The highest BCUT2D eigenvalue weighted by Gasteiger charge is 2.24. The number of H-pyrrole nitrogens is 1. The minimum Gasteiger partial charge on any atom is -0.497 e. The van der Waals surface area contributed by atoms with Crippen molar-refractivity contribution < 1.29 is 13.2 Å². The van der Waals surface area contributed by atoms with Crippen LogP contribution in [0.15, 0.2) is 54.7 Å². The van der Waals surface area contributed by atoms with E-state index in [1.165, 1.54) is 0 Å². The van der Waals surface area contributed by atoms with E-state index in [0.29, 0.717) is 30.9 Å². The molecule has 2 N–H and O–H groups in total. The third kappa shape index (κ3) is 7.26. The van der Waals surface area contributed by atoms with Gasteiger partial charge < -0.3 is 14.2 Å². The van der Waals surface area contributed by atoms with Gasteiger partial charge in [-0.1, -0.05) is 44.2 Å². The molecule has 210 valence electrons. The van der Waals surface area contributed by atoms with Crippen LogP contribution in [0.2, 0.25) is 0 Å². The summed E-state index contributed by atoms with van der Waals surface area (Å²) in [6, 6.07) is 15.5. The number of nitrogens with zero attached hydrogens (tertiary/aromatic N) is 4. The number of sulfonamides is 1. The summed E-state index contributed by atoms with van der Waals surface area (Å²) in [6.45, 7) is 9.63. The minimum absolute atomic E-state index is 0.0656. The van der Waals surface area contributed by atoms with Crippen LogP contribution in [-0.4, -0.2) is 65.6 Å². The van der Waals surface area contributed by atoms with Gasteiger partial charge >= 0.3 is 0 Å². The van der Waals surface area contributed by atoms with Crippen molar-refractivity contribution in [3.63, 3.8) is 0 Å². The smallest absolute Gasteiger partial charge is 0.212 e. The van der Waals surface area contributed by atoms with Crippen LogP contribution in [-0.2, 0) is 23.0 Å². The second-order valence-electron chi connectivity index (χ2n) is 9.65. The second-order valence-corrected chi connectivity index (χ2v) is 11.5. The van der Waals surface area contributed by atoms with Crippen LogP contribution in [0.1, 0.15) is 51.0 Å². The Kier molecular flexibility index (Phi) is 9.77. The zero-order chi connectivity index (χ0) is 27.8. The van der Waals surface area contributed by atoms with Crippen molar-refractivity contribution in [3.8, 4) is 17.1 Å². The first-order valence-electron chi connectivity index (χ1n) is 13.7. The zero-order valence-corrected chi connectivity index (χ0v) is 24.2. The molecule has 0 radical (unpaired) electrons. The minimum atomic E-state index is -3.53. The Labute approximate surface area is 231 Å². The van der Waals surface area contributed by atoms with Crippen LogP contribution >= 0.6 is 0 Å². The predicted molar refractivity (Wildman–Crippen MR) is 156 cm³/mol. The topological polar surface area (TPSA) is 105 Å². The molecule has 4 aromatic rings. The van der Waals surface area contributed by atoms with E-state index in [0.717, 1.165) is 54.0 Å². The van der Waals surface area contributed by atoms with E-state index in [1.54, 1.807) is 7.11 Å². The maximum Gasteiger partial charge on any atom is 0.212 e. The molecule has 0 bridgehead atoms. The molecule has 1 atom stereocenters. The molecule has 0 spiro atoms. The number of aromatic nitrogens is 4. The lowest BCUT2D eigenvalue weighted by Crippen LogP contribution is -2.33. The van der Waals surface area contributed by atoms with Crippen LogP contribution in [0.3, 0.4) is 0 Å². The Morgan fingerprint density at radius 2 is 1.87 bits per heavy atom. The molecule has 4 rings (SSSR count). The van der Waals surface area contributed by atoms with E-state index in [-0.39, 0.29) is 5.75 Å². The van der Waals surface area contributed by atoms with Crippen molar-refractivity contribution in [2.75, 3.05) is 32.5 Å². The van der Waals surface area contributed by atoms with Gasteiger partial charge in [0.05, 0.1) is 18.9 Å². The van der Waals surface area contributed by atoms with Crippen molar-refractivity contribution in [3.05, 3.63) is 66.1 Å². The molecule has 2 aromatic heterocycles. The second kappa shape index (κ2) is 13.2. The quantitative estimate of drug-likeness (QED) is 0.220. The first-order valence-corrected chi connectivity index (χ1v) is 15.4. The Balaban J connectivity index is 1.60. The van der Waals surface area contributed by atoms with E-state index in [4.69, 9.17) is 9.72 Å². The summed E-state index contributed by atoms with van der Waals surface area (Å²) in [4.78, 5) is 7.04. The Bertz CT molecular complexity index is 1440. The van der Waals surface area contributed by atoms with Gasteiger partial charge in [-0.3, -0.25) is 5.10 Å². The summed E-state index contributed by atoms with van der Waals surface area (Å²) in [5, 5.41) is 8.55. The largest absolute Gasteiger partial charge is 0.497 e. The SMILES string of the molecule is CCN(CC)CCCS(=O)(=O)N[C@H](CCc1ccccc1)c1nc(-c2cn(CC)c3ccc(OC)cc23)n[nH]1. The summed E-state index contributed by atoms with van der Waals surface area (Å²) < 4.78 is 36.8. The van der Waals surface area contributed by atoms with Crippen LogP contribution < -0.4 is 9.46 Å². The van der Waals surface area contributed by atoms with E-state index in [1.807, 2.05) is 42.6 Å². The highest BCUT2D eigenvalue weighted by molar-refractivity contribution is 7.89. The van der Waals surface area contributed by atoms with Crippen LogP contribution in [0.25, 0.3) is 22.3 Å². The van der Waals surface area contributed by atoms with Crippen molar-refractivity contribution in [1.29, 1.82) is 0 Å². The number of nitrogens with one attached hydrogen (secondary N) is 2. The van der Waals surface area contributed by atoms with Crippen molar-refractivity contribution in [1.82, 2.24) is 29.4 Å². The monoisotopic (exact) mass is 552 g/mol. The van der Waals surface area contributed by atoms with E-state index in [2.05, 4.69) is 57.3 Å². The fourth-order valence-corrected chi connectivity index (χ4v) is 6.18. The summed E-state index contributed by atoms with van der Waals surface area (Å²) in [5.74, 6) is 1.86. The number of benzene rings is 2. The lowest BCUT2D eigenvalue weighted by Gasteiger charge is -2.19. The van der Waals surface area contributed by atoms with Gasteiger partial charge in [-0.2, -0.15) is 5.10 Å². The third-order valence-corrected chi connectivity index (χ3v) is 8.64. The first-order chi connectivity index (χ1) is 18.9. The number of aromatic amines is 1. The molecule has 2 aromatic carbocycles. The average Bonchev–Trinajstić information content (AvgIpc) is 3.58. The molecule has 2 heterocycles. The predicted octanol–water partition coefficient (Wildman–Crippen LogP) is 4.78. The molecule has 0 aliphatic heterocycles. The van der Waals surface area contributed by atoms with Gasteiger partial charge in [0.25, 0.3) is 0 Å². The fraction of sp³-hybridized carbons (Fsp3) is 0.448. The van der Waals surface area contributed by atoms with E-state index >= 15 is 0 Å². The zero-order valence-electron chi connectivity index (χ0n) is 23.4. The maximum atomic E-state index is 13.1. The Hall–Kier alpha value is -3.21. The van der Waals surface area contributed by atoms with Gasteiger partial charge in [-0.15, -0.1) is 0 Å². The normalized spacial score (nSPS) is 12.8. The molecule has 39 heavy (non-hydrogen) atoms. The molecular weight excluding hydrogens is 512 g/mol. The van der Waals surface area contributed by atoms with Gasteiger partial charge in [-0.05, 0) is 69.6 Å². The van der Waals surface area contributed by atoms with E-state index < -0.39 is 16.1 Å². The van der Waals surface area contributed by atoms with Crippen molar-refractivity contribution >= 4 is 20.9 Å². The van der Waals surface area contributed by atoms with Gasteiger partial charge in [0.2, 0.25) is 10.0 Å². The fourth-order valence-electron chi connectivity index (χ4n) is 4.89. The van der Waals surface area contributed by atoms with Crippen molar-refractivity contribution in [2.45, 2.75) is 52.6 Å². The molecule has 0 aliphatic rings. The van der Waals surface area contributed by atoms with Gasteiger partial charge in [-0.25, -0.2) is 18.1 Å². The van der Waals surface area contributed by atoms with Crippen LogP contribution in [0.5, 0.6) is 5.75 Å². The molecule has 0 fully saturated rings. The third-order valence-electron chi connectivity index (χ3n) is 7.17. The van der Waals surface area contributed by atoms with Gasteiger partial charge in [0, 0.05) is 29.2 Å². The number of rotatable bonds is 15.